The SMILES string of the molecule is c1ccc(-c2nc(-n3c4ccccc4c4ccc5c6ccccc6n(-c6ccc7ccccc7c6)c5c43)nc(-n3c4ccccc4c4ccc5c6ccccc6n(-c6ccc7ccccc7c6)c5c43)n2)cc1. The van der Waals surface area contributed by atoms with Crippen LogP contribution in [0.25, 0.3) is 143 Å². The quantitative estimate of drug-likeness (QED) is 0.173. The van der Waals surface area contributed by atoms with Crippen LogP contribution in [0, 0.1) is 0 Å². The lowest BCUT2D eigenvalue weighted by atomic mass is 10.1. The first-order chi connectivity index (χ1) is 35.7. The third kappa shape index (κ3) is 5.47. The zero-order chi connectivity index (χ0) is 47.0. The Morgan fingerprint density at radius 3 is 0.986 bits per heavy atom. The van der Waals surface area contributed by atoms with Gasteiger partial charge in [-0.2, -0.15) is 15.0 Å². The summed E-state index contributed by atoms with van der Waals surface area (Å²) in [5.41, 5.74) is 11.6. The molecule has 16 rings (SSSR count). The van der Waals surface area contributed by atoms with Gasteiger partial charge in [0.2, 0.25) is 11.9 Å². The fraction of sp³-hybridized carbons (Fsp3) is 0. The van der Waals surface area contributed by atoms with Crippen LogP contribution < -0.4 is 0 Å². The number of hydrogen-bond acceptors (Lipinski definition) is 3. The van der Waals surface area contributed by atoms with E-state index in [9.17, 15) is 0 Å². The molecular weight excluding hydrogens is 879 g/mol. The summed E-state index contributed by atoms with van der Waals surface area (Å²) >= 11 is 0. The first kappa shape index (κ1) is 39.0. The molecule has 0 unspecified atom stereocenters. The highest BCUT2D eigenvalue weighted by atomic mass is 15.3. The highest BCUT2D eigenvalue weighted by molar-refractivity contribution is 6.25. The summed E-state index contributed by atoms with van der Waals surface area (Å²) < 4.78 is 9.45. The Morgan fingerprint density at radius 2 is 0.569 bits per heavy atom. The van der Waals surface area contributed by atoms with E-state index >= 15 is 0 Å². The number of fused-ring (bicyclic) bond motifs is 16. The highest BCUT2D eigenvalue weighted by Gasteiger charge is 2.27. The lowest BCUT2D eigenvalue weighted by Crippen LogP contribution is -2.11. The van der Waals surface area contributed by atoms with E-state index in [0.29, 0.717) is 17.7 Å². The summed E-state index contributed by atoms with van der Waals surface area (Å²) in [5, 5.41) is 13.9. The lowest BCUT2D eigenvalue weighted by molar-refractivity contribution is 0.893. The van der Waals surface area contributed by atoms with E-state index in [4.69, 9.17) is 15.0 Å². The number of aromatic nitrogens is 7. The van der Waals surface area contributed by atoms with Gasteiger partial charge in [-0.25, -0.2) is 0 Å². The molecular formula is C65H39N7. The predicted molar refractivity (Wildman–Crippen MR) is 298 cm³/mol. The smallest absolute Gasteiger partial charge is 0.240 e. The van der Waals surface area contributed by atoms with Crippen LogP contribution in [0.15, 0.2) is 237 Å². The number of benzene rings is 11. The number of nitrogens with zero attached hydrogens (tertiary/aromatic N) is 7. The van der Waals surface area contributed by atoms with Gasteiger partial charge >= 0.3 is 0 Å². The molecule has 0 aliphatic carbocycles. The van der Waals surface area contributed by atoms with Crippen LogP contribution >= 0.6 is 0 Å². The van der Waals surface area contributed by atoms with E-state index in [1.54, 1.807) is 0 Å². The molecule has 0 aliphatic rings. The first-order valence-corrected chi connectivity index (χ1v) is 24.4. The molecule has 0 radical (unpaired) electrons. The average molecular weight is 918 g/mol. The molecule has 72 heavy (non-hydrogen) atoms. The maximum absolute atomic E-state index is 5.74. The molecule has 11 aromatic carbocycles. The van der Waals surface area contributed by atoms with Crippen LogP contribution in [0.2, 0.25) is 0 Å². The van der Waals surface area contributed by atoms with Crippen molar-refractivity contribution in [3.63, 3.8) is 0 Å². The minimum absolute atomic E-state index is 0.529. The Labute approximate surface area is 411 Å². The van der Waals surface area contributed by atoms with Crippen molar-refractivity contribution in [1.29, 1.82) is 0 Å². The lowest BCUT2D eigenvalue weighted by Gasteiger charge is -2.15. The second kappa shape index (κ2) is 14.8. The standard InChI is InChI=1S/C65H39N7/c1-2-18-42(19-3-1)63-66-64(71-57-28-14-10-24-49(57)53-36-34-51-47-22-8-12-26-55(47)69(59(51)61(53)71)45-32-30-40-16-4-6-20-43(40)38-45)68-65(67-63)72-58-29-15-11-25-50(58)54-37-35-52-48-23-9-13-27-56(48)70(60(52)62(54)72)46-33-31-41-17-5-7-21-44(41)39-46/h1-39H. The Balaban J connectivity index is 1.06. The Bertz CT molecular complexity index is 4650. The van der Waals surface area contributed by atoms with Crippen LogP contribution in [0.4, 0.5) is 0 Å². The fourth-order valence-corrected chi connectivity index (χ4v) is 11.9. The van der Waals surface area contributed by atoms with Gasteiger partial charge in [-0.3, -0.25) is 9.13 Å². The molecule has 5 heterocycles. The van der Waals surface area contributed by atoms with Crippen molar-refractivity contribution in [1.82, 2.24) is 33.2 Å². The summed E-state index contributed by atoms with van der Waals surface area (Å²) in [6.07, 6.45) is 0. The molecule has 0 spiro atoms. The molecule has 16 aromatic rings. The second-order valence-electron chi connectivity index (χ2n) is 18.8. The van der Waals surface area contributed by atoms with E-state index in [0.717, 1.165) is 93.4 Å². The normalized spacial score (nSPS) is 12.2. The fourth-order valence-electron chi connectivity index (χ4n) is 11.9. The number of para-hydroxylation sites is 4. The maximum atomic E-state index is 5.74. The summed E-state index contributed by atoms with van der Waals surface area (Å²) in [7, 11) is 0. The van der Waals surface area contributed by atoms with E-state index in [-0.39, 0.29) is 0 Å². The van der Waals surface area contributed by atoms with Crippen molar-refractivity contribution in [3.05, 3.63) is 237 Å². The molecule has 0 atom stereocenters. The van der Waals surface area contributed by atoms with Crippen molar-refractivity contribution in [2.24, 2.45) is 0 Å². The van der Waals surface area contributed by atoms with Crippen molar-refractivity contribution < 1.29 is 0 Å². The molecule has 0 fully saturated rings. The Morgan fingerprint density at radius 1 is 0.236 bits per heavy atom. The molecule has 0 saturated carbocycles. The molecule has 7 heteroatoms. The first-order valence-electron chi connectivity index (χ1n) is 24.4. The minimum atomic E-state index is 0.529. The third-order valence-corrected chi connectivity index (χ3v) is 15.0. The van der Waals surface area contributed by atoms with Gasteiger partial charge in [-0.05, 0) is 70.1 Å². The van der Waals surface area contributed by atoms with E-state index < -0.39 is 0 Å². The topological polar surface area (TPSA) is 58.4 Å². The van der Waals surface area contributed by atoms with Gasteiger partial charge in [0.1, 0.15) is 0 Å². The molecule has 0 amide bonds. The van der Waals surface area contributed by atoms with Crippen LogP contribution in [0.1, 0.15) is 0 Å². The van der Waals surface area contributed by atoms with E-state index in [1.165, 1.54) is 32.3 Å². The zero-order valence-corrected chi connectivity index (χ0v) is 38.6. The average Bonchev–Trinajstić information content (AvgIpc) is 4.18. The molecule has 0 aliphatic heterocycles. The number of rotatable bonds is 5. The van der Waals surface area contributed by atoms with Gasteiger partial charge in [-0.1, -0.05) is 188 Å². The van der Waals surface area contributed by atoms with Crippen LogP contribution in [-0.4, -0.2) is 33.2 Å². The van der Waals surface area contributed by atoms with Gasteiger partial charge in [0.05, 0.1) is 44.1 Å². The van der Waals surface area contributed by atoms with Gasteiger partial charge in [0, 0.05) is 60.0 Å². The third-order valence-electron chi connectivity index (χ3n) is 15.0. The molecule has 334 valence electrons. The van der Waals surface area contributed by atoms with Crippen LogP contribution in [-0.2, 0) is 0 Å². The number of hydrogen-bond donors (Lipinski definition) is 0. The molecule has 0 bridgehead atoms. The van der Waals surface area contributed by atoms with Crippen molar-refractivity contribution in [3.8, 4) is 34.7 Å². The van der Waals surface area contributed by atoms with Crippen molar-refractivity contribution >= 4 is 109 Å². The van der Waals surface area contributed by atoms with Crippen molar-refractivity contribution in [2.45, 2.75) is 0 Å². The van der Waals surface area contributed by atoms with Crippen molar-refractivity contribution in [2.75, 3.05) is 0 Å². The molecule has 5 aromatic heterocycles. The predicted octanol–water partition coefficient (Wildman–Crippen LogP) is 16.2. The van der Waals surface area contributed by atoms with Gasteiger partial charge in [-0.15, -0.1) is 0 Å². The van der Waals surface area contributed by atoms with Gasteiger partial charge < -0.3 is 9.13 Å². The van der Waals surface area contributed by atoms with Gasteiger partial charge in [0.25, 0.3) is 0 Å². The summed E-state index contributed by atoms with van der Waals surface area (Å²) in [6, 6.07) is 85.0. The Hall–Kier alpha value is -9.85. The zero-order valence-electron chi connectivity index (χ0n) is 38.6. The van der Waals surface area contributed by atoms with Gasteiger partial charge in [0.15, 0.2) is 5.82 Å². The summed E-state index contributed by atoms with van der Waals surface area (Å²) in [5.74, 6) is 1.64. The van der Waals surface area contributed by atoms with Crippen LogP contribution in [0.5, 0.6) is 0 Å². The molecule has 0 N–H and O–H groups in total. The van der Waals surface area contributed by atoms with E-state index in [1.807, 2.05) is 6.07 Å². The maximum Gasteiger partial charge on any atom is 0.240 e. The highest BCUT2D eigenvalue weighted by Crippen LogP contribution is 2.44. The molecule has 0 saturated heterocycles. The minimum Gasteiger partial charge on any atom is -0.307 e. The summed E-state index contributed by atoms with van der Waals surface area (Å²) in [6.45, 7) is 0. The van der Waals surface area contributed by atoms with Crippen LogP contribution in [0.3, 0.4) is 0 Å². The monoisotopic (exact) mass is 917 g/mol. The second-order valence-corrected chi connectivity index (χ2v) is 18.8. The molecule has 7 nitrogen and oxygen atoms in total. The Kier molecular flexibility index (Phi) is 8.04. The van der Waals surface area contributed by atoms with E-state index in [2.05, 4.69) is 249 Å². The largest absolute Gasteiger partial charge is 0.307 e. The summed E-state index contributed by atoms with van der Waals surface area (Å²) in [4.78, 5) is 16.8.